The number of alkyl halides is 3. The lowest BCUT2D eigenvalue weighted by Gasteiger charge is -2.22. The number of nitrogens with one attached hydrogen (secondary N) is 1. The van der Waals surface area contributed by atoms with Crippen LogP contribution in [0.25, 0.3) is 33.4 Å². The van der Waals surface area contributed by atoms with Gasteiger partial charge in [-0.05, 0) is 68.1 Å². The number of anilines is 1. The molecule has 5 aromatic rings. The average molecular weight is 595 g/mol. The van der Waals surface area contributed by atoms with Crippen molar-refractivity contribution in [3.8, 4) is 22.6 Å². The van der Waals surface area contributed by atoms with E-state index < -0.39 is 17.9 Å². The maximum Gasteiger partial charge on any atom is 0.435 e. The number of halogens is 4. The molecule has 0 spiro atoms. The Morgan fingerprint density at radius 3 is 2.31 bits per heavy atom. The number of pyridine rings is 3. The second kappa shape index (κ2) is 10.7. The number of benzene rings is 1. The molecule has 0 fully saturated rings. The van der Waals surface area contributed by atoms with Crippen LogP contribution < -0.4 is 16.4 Å². The number of rotatable bonds is 5. The summed E-state index contributed by atoms with van der Waals surface area (Å²) in [6, 6.07) is 8.83. The Morgan fingerprint density at radius 1 is 0.952 bits per heavy atom. The van der Waals surface area contributed by atoms with Gasteiger partial charge in [-0.1, -0.05) is 11.6 Å². The molecule has 12 heteroatoms. The number of nitrogens with zero attached hydrogens (tertiary/aromatic N) is 5. The molecule has 4 heterocycles. The second-order valence-corrected chi connectivity index (χ2v) is 10.6. The lowest BCUT2D eigenvalue weighted by atomic mass is 9.98. The standard InChI is InChI=1S/C30H26ClF3N6O2/c1-15-6-7-24(26(37-15)30(32,33)34)38-17(3)21-10-19(31)11-23-22(21)12-25(40(5)29(23)42)18-13-35-27(36-14-18)20-8-9-39(4)28(41)16(20)2/h6-14,17,38H,1-5H3/t17-/m1/s1. The van der Waals surface area contributed by atoms with Crippen LogP contribution in [-0.4, -0.2) is 24.1 Å². The van der Waals surface area contributed by atoms with Crippen molar-refractivity contribution in [2.24, 2.45) is 14.1 Å². The van der Waals surface area contributed by atoms with Crippen molar-refractivity contribution in [3.63, 3.8) is 0 Å². The number of aryl methyl sites for hydroxylation is 2. The van der Waals surface area contributed by atoms with Gasteiger partial charge in [-0.3, -0.25) is 9.59 Å². The maximum absolute atomic E-state index is 13.7. The van der Waals surface area contributed by atoms with Crippen LogP contribution >= 0.6 is 11.6 Å². The van der Waals surface area contributed by atoms with Crippen molar-refractivity contribution in [2.45, 2.75) is 33.0 Å². The van der Waals surface area contributed by atoms with Crippen LogP contribution in [0, 0.1) is 13.8 Å². The highest BCUT2D eigenvalue weighted by Crippen LogP contribution is 2.37. The first-order valence-corrected chi connectivity index (χ1v) is 13.3. The molecule has 0 bridgehead atoms. The third-order valence-electron chi connectivity index (χ3n) is 7.19. The molecule has 1 N–H and O–H groups in total. The van der Waals surface area contributed by atoms with Crippen LogP contribution in [0.5, 0.6) is 0 Å². The predicted molar refractivity (Wildman–Crippen MR) is 157 cm³/mol. The normalized spacial score (nSPS) is 12.5. The lowest BCUT2D eigenvalue weighted by molar-refractivity contribution is -0.140. The Morgan fingerprint density at radius 2 is 1.64 bits per heavy atom. The first-order valence-electron chi connectivity index (χ1n) is 12.9. The Bertz CT molecular complexity index is 1970. The molecule has 0 unspecified atom stereocenters. The average Bonchev–Trinajstić information content (AvgIpc) is 2.94. The topological polar surface area (TPSA) is 94.7 Å². The van der Waals surface area contributed by atoms with Gasteiger partial charge in [0, 0.05) is 71.5 Å². The monoisotopic (exact) mass is 594 g/mol. The first kappa shape index (κ1) is 29.0. The Hall–Kier alpha value is -4.51. The molecule has 8 nitrogen and oxygen atoms in total. The van der Waals surface area contributed by atoms with E-state index >= 15 is 0 Å². The van der Waals surface area contributed by atoms with Crippen LogP contribution in [0.1, 0.15) is 35.5 Å². The molecule has 5 rings (SSSR count). The quantitative estimate of drug-likeness (QED) is 0.260. The molecular weight excluding hydrogens is 569 g/mol. The van der Waals surface area contributed by atoms with Crippen molar-refractivity contribution >= 4 is 28.1 Å². The van der Waals surface area contributed by atoms with Crippen LogP contribution in [0.4, 0.5) is 18.9 Å². The molecule has 42 heavy (non-hydrogen) atoms. The molecule has 0 saturated carbocycles. The van der Waals surface area contributed by atoms with E-state index in [1.165, 1.54) is 34.3 Å². The summed E-state index contributed by atoms with van der Waals surface area (Å²) in [6.45, 7) is 4.88. The number of hydrogen-bond donors (Lipinski definition) is 1. The zero-order chi connectivity index (χ0) is 30.5. The molecule has 0 aliphatic heterocycles. The van der Waals surface area contributed by atoms with Crippen LogP contribution in [0.2, 0.25) is 5.02 Å². The smallest absolute Gasteiger partial charge is 0.377 e. The van der Waals surface area contributed by atoms with Crippen molar-refractivity contribution in [1.82, 2.24) is 24.1 Å². The number of fused-ring (bicyclic) bond motifs is 1. The van der Waals surface area contributed by atoms with E-state index in [0.717, 1.165) is 0 Å². The molecule has 0 aliphatic rings. The molecule has 216 valence electrons. The minimum atomic E-state index is -4.66. The highest BCUT2D eigenvalue weighted by Gasteiger charge is 2.36. The predicted octanol–water partition coefficient (Wildman–Crippen LogP) is 6.22. The SMILES string of the molecule is Cc1ccc(N[C@H](C)c2cc(Cl)cc3c(=O)n(C)c(-c4cnc(-c5ccn(C)c(=O)c5C)nc4)cc23)c(C(F)(F)F)n1. The Kier molecular flexibility index (Phi) is 7.40. The van der Waals surface area contributed by atoms with Gasteiger partial charge in [0.1, 0.15) is 0 Å². The zero-order valence-corrected chi connectivity index (χ0v) is 24.1. The Labute approximate surface area is 243 Å². The summed E-state index contributed by atoms with van der Waals surface area (Å²) >= 11 is 6.37. The van der Waals surface area contributed by atoms with E-state index in [9.17, 15) is 22.8 Å². The fourth-order valence-electron chi connectivity index (χ4n) is 4.94. The van der Waals surface area contributed by atoms with Gasteiger partial charge in [-0.15, -0.1) is 0 Å². The van der Waals surface area contributed by atoms with Gasteiger partial charge in [0.15, 0.2) is 11.5 Å². The molecule has 1 aromatic carbocycles. The zero-order valence-electron chi connectivity index (χ0n) is 23.3. The summed E-state index contributed by atoms with van der Waals surface area (Å²) in [7, 11) is 3.26. The van der Waals surface area contributed by atoms with Crippen molar-refractivity contribution < 1.29 is 13.2 Å². The molecule has 0 saturated heterocycles. The fourth-order valence-corrected chi connectivity index (χ4v) is 5.16. The van der Waals surface area contributed by atoms with Gasteiger partial charge < -0.3 is 14.5 Å². The molecule has 4 aromatic heterocycles. The number of aromatic nitrogens is 5. The summed E-state index contributed by atoms with van der Waals surface area (Å²) in [5.41, 5.74) is 1.16. The summed E-state index contributed by atoms with van der Waals surface area (Å²) in [4.78, 5) is 38.4. The van der Waals surface area contributed by atoms with E-state index in [1.807, 2.05) is 0 Å². The van der Waals surface area contributed by atoms with Gasteiger partial charge >= 0.3 is 6.18 Å². The largest absolute Gasteiger partial charge is 0.435 e. The second-order valence-electron chi connectivity index (χ2n) is 10.1. The minimum Gasteiger partial charge on any atom is -0.377 e. The van der Waals surface area contributed by atoms with Crippen LogP contribution in [-0.2, 0) is 20.3 Å². The van der Waals surface area contributed by atoms with Crippen molar-refractivity contribution in [1.29, 1.82) is 0 Å². The highest BCUT2D eigenvalue weighted by atomic mass is 35.5. The van der Waals surface area contributed by atoms with Gasteiger partial charge in [0.05, 0.1) is 11.4 Å². The number of hydrogen-bond acceptors (Lipinski definition) is 6. The van der Waals surface area contributed by atoms with Crippen LogP contribution in [0.15, 0.2) is 64.6 Å². The molecular formula is C30H26ClF3N6O2. The van der Waals surface area contributed by atoms with Crippen molar-refractivity contribution in [3.05, 3.63) is 103 Å². The van der Waals surface area contributed by atoms with Gasteiger partial charge in [0.25, 0.3) is 11.1 Å². The summed E-state index contributed by atoms with van der Waals surface area (Å²) in [5, 5.41) is 4.00. The molecule has 0 radical (unpaired) electrons. The van der Waals surface area contributed by atoms with Crippen molar-refractivity contribution in [2.75, 3.05) is 5.32 Å². The fraction of sp³-hybridized carbons (Fsp3) is 0.233. The third-order valence-corrected chi connectivity index (χ3v) is 7.41. The summed E-state index contributed by atoms with van der Waals surface area (Å²) in [5.74, 6) is 0.359. The van der Waals surface area contributed by atoms with E-state index in [2.05, 4.69) is 20.3 Å². The van der Waals surface area contributed by atoms with Gasteiger partial charge in [0.2, 0.25) is 0 Å². The van der Waals surface area contributed by atoms with E-state index in [0.29, 0.717) is 44.5 Å². The van der Waals surface area contributed by atoms with Gasteiger partial charge in [-0.2, -0.15) is 13.2 Å². The lowest BCUT2D eigenvalue weighted by Crippen LogP contribution is -2.20. The van der Waals surface area contributed by atoms with E-state index in [-0.39, 0.29) is 27.5 Å². The van der Waals surface area contributed by atoms with Gasteiger partial charge in [-0.25, -0.2) is 15.0 Å². The first-order chi connectivity index (χ1) is 19.8. The van der Waals surface area contributed by atoms with E-state index in [1.54, 1.807) is 64.7 Å². The van der Waals surface area contributed by atoms with E-state index in [4.69, 9.17) is 11.6 Å². The van der Waals surface area contributed by atoms with Crippen LogP contribution in [0.3, 0.4) is 0 Å². The molecule has 0 aliphatic carbocycles. The Balaban J connectivity index is 1.60. The highest BCUT2D eigenvalue weighted by molar-refractivity contribution is 6.31. The third kappa shape index (κ3) is 5.27. The summed E-state index contributed by atoms with van der Waals surface area (Å²) < 4.78 is 44.1. The molecule has 0 amide bonds. The maximum atomic E-state index is 13.7. The summed E-state index contributed by atoms with van der Waals surface area (Å²) in [6.07, 6.45) is 0.0988. The molecule has 1 atom stereocenters. The minimum absolute atomic E-state index is 0.158.